The first-order valence-corrected chi connectivity index (χ1v) is 8.23. The summed E-state index contributed by atoms with van der Waals surface area (Å²) < 4.78 is 2.01. The summed E-state index contributed by atoms with van der Waals surface area (Å²) in [7, 11) is 0. The molecule has 2 aromatic rings. The molecule has 1 aliphatic rings. The first kappa shape index (κ1) is 21.5. The van der Waals surface area contributed by atoms with Gasteiger partial charge in [0.1, 0.15) is 0 Å². The van der Waals surface area contributed by atoms with Crippen LogP contribution in [0, 0.1) is 5.92 Å². The molecule has 3 rings (SSSR count). The molecule has 7 heteroatoms. The van der Waals surface area contributed by atoms with Crippen LogP contribution in [0.2, 0.25) is 0 Å². The molecule has 0 saturated carbocycles. The molecule has 2 unspecified atom stereocenters. The number of halogens is 2. The fraction of sp³-hybridized carbons (Fsp3) is 0.444. The summed E-state index contributed by atoms with van der Waals surface area (Å²) in [5, 5.41) is 0. The van der Waals surface area contributed by atoms with Crippen LogP contribution in [0.25, 0.3) is 0 Å². The first-order chi connectivity index (χ1) is 11.2. The Labute approximate surface area is 161 Å². The van der Waals surface area contributed by atoms with Crippen LogP contribution >= 0.6 is 24.8 Å². The third-order valence-electron chi connectivity index (χ3n) is 4.64. The van der Waals surface area contributed by atoms with Gasteiger partial charge in [0.05, 0.1) is 6.33 Å². The second kappa shape index (κ2) is 9.80. The molecule has 1 aliphatic heterocycles. The van der Waals surface area contributed by atoms with E-state index in [9.17, 15) is 4.79 Å². The number of aromatic nitrogens is 2. The molecule has 138 valence electrons. The number of carbonyl (C=O) groups excluding carboxylic acids is 1. The Morgan fingerprint density at radius 1 is 1.28 bits per heavy atom. The van der Waals surface area contributed by atoms with Gasteiger partial charge in [0.15, 0.2) is 0 Å². The Morgan fingerprint density at radius 2 is 2.00 bits per heavy atom. The smallest absolute Gasteiger partial charge is 0.254 e. The van der Waals surface area contributed by atoms with Crippen LogP contribution in [0.4, 0.5) is 0 Å². The van der Waals surface area contributed by atoms with Crippen molar-refractivity contribution in [2.24, 2.45) is 11.7 Å². The highest BCUT2D eigenvalue weighted by Crippen LogP contribution is 2.23. The standard InChI is InChI=1S/C18H24N4O.2ClH/c1-14-6-8-22(17(10-14)11-19)18(23)16-4-2-15(3-5-16)12-21-9-7-20-13-21;;/h2-5,7,9,13-14,17H,6,8,10-12,19H2,1H3;2*1H. The van der Waals surface area contributed by atoms with Crippen molar-refractivity contribution in [1.29, 1.82) is 0 Å². The molecular weight excluding hydrogens is 359 g/mol. The Morgan fingerprint density at radius 3 is 2.60 bits per heavy atom. The molecule has 0 radical (unpaired) electrons. The molecule has 5 nitrogen and oxygen atoms in total. The number of hydrogen-bond donors (Lipinski definition) is 1. The van der Waals surface area contributed by atoms with Crippen molar-refractivity contribution in [2.45, 2.75) is 32.4 Å². The molecule has 0 bridgehead atoms. The summed E-state index contributed by atoms with van der Waals surface area (Å²) in [6.45, 7) is 4.34. The maximum Gasteiger partial charge on any atom is 0.254 e. The summed E-state index contributed by atoms with van der Waals surface area (Å²) >= 11 is 0. The maximum atomic E-state index is 12.8. The lowest BCUT2D eigenvalue weighted by atomic mass is 9.92. The quantitative estimate of drug-likeness (QED) is 0.880. The molecule has 2 heterocycles. The third-order valence-corrected chi connectivity index (χ3v) is 4.64. The van der Waals surface area contributed by atoms with Crippen LogP contribution in [-0.2, 0) is 6.54 Å². The number of rotatable bonds is 4. The normalized spacial score (nSPS) is 19.7. The van der Waals surface area contributed by atoms with E-state index in [4.69, 9.17) is 5.73 Å². The average molecular weight is 385 g/mol. The van der Waals surface area contributed by atoms with E-state index in [0.717, 1.165) is 37.1 Å². The minimum absolute atomic E-state index is 0. The summed E-state index contributed by atoms with van der Waals surface area (Å²) in [5.74, 6) is 0.742. The molecule has 1 fully saturated rings. The molecule has 1 amide bonds. The molecule has 2 N–H and O–H groups in total. The van der Waals surface area contributed by atoms with Crippen LogP contribution in [0.3, 0.4) is 0 Å². The lowest BCUT2D eigenvalue weighted by molar-refractivity contribution is 0.0573. The average Bonchev–Trinajstić information content (AvgIpc) is 3.08. The van der Waals surface area contributed by atoms with Gasteiger partial charge in [0, 0.05) is 43.6 Å². The second-order valence-corrected chi connectivity index (χ2v) is 6.45. The highest BCUT2D eigenvalue weighted by atomic mass is 35.5. The van der Waals surface area contributed by atoms with E-state index in [-0.39, 0.29) is 36.8 Å². The predicted octanol–water partition coefficient (Wildman–Crippen LogP) is 2.97. The fourth-order valence-corrected chi connectivity index (χ4v) is 3.25. The SMILES string of the molecule is CC1CCN(C(=O)c2ccc(Cn3ccnc3)cc2)C(CN)C1.Cl.Cl. The van der Waals surface area contributed by atoms with E-state index in [1.807, 2.05) is 39.9 Å². The van der Waals surface area contributed by atoms with Crippen LogP contribution in [0.1, 0.15) is 35.7 Å². The Hall–Kier alpha value is -1.56. The minimum atomic E-state index is 0. The predicted molar refractivity (Wildman–Crippen MR) is 105 cm³/mol. The number of nitrogens with zero attached hydrogens (tertiary/aromatic N) is 3. The van der Waals surface area contributed by atoms with Gasteiger partial charge >= 0.3 is 0 Å². The third kappa shape index (κ3) is 5.21. The van der Waals surface area contributed by atoms with Gasteiger partial charge in [-0.3, -0.25) is 4.79 Å². The summed E-state index contributed by atoms with van der Waals surface area (Å²) in [5.41, 5.74) is 7.77. The van der Waals surface area contributed by atoms with Crippen molar-refractivity contribution in [2.75, 3.05) is 13.1 Å². The van der Waals surface area contributed by atoms with Gasteiger partial charge in [-0.05, 0) is 36.5 Å². The van der Waals surface area contributed by atoms with E-state index in [0.29, 0.717) is 12.5 Å². The van der Waals surface area contributed by atoms with Crippen molar-refractivity contribution in [1.82, 2.24) is 14.5 Å². The number of piperidine rings is 1. The Kier molecular flexibility index (Phi) is 8.42. The zero-order valence-corrected chi connectivity index (χ0v) is 16.0. The van der Waals surface area contributed by atoms with E-state index in [2.05, 4.69) is 11.9 Å². The van der Waals surface area contributed by atoms with Gasteiger partial charge in [-0.2, -0.15) is 0 Å². The van der Waals surface area contributed by atoms with Crippen LogP contribution in [-0.4, -0.2) is 39.5 Å². The van der Waals surface area contributed by atoms with E-state index in [1.165, 1.54) is 0 Å². The molecule has 2 atom stereocenters. The lowest BCUT2D eigenvalue weighted by Crippen LogP contribution is -2.49. The monoisotopic (exact) mass is 384 g/mol. The van der Waals surface area contributed by atoms with E-state index in [1.54, 1.807) is 12.5 Å². The Balaban J connectivity index is 0.00000156. The fourth-order valence-electron chi connectivity index (χ4n) is 3.25. The van der Waals surface area contributed by atoms with Gasteiger partial charge in [-0.1, -0.05) is 19.1 Å². The van der Waals surface area contributed by atoms with Gasteiger partial charge in [-0.25, -0.2) is 4.98 Å². The van der Waals surface area contributed by atoms with Gasteiger partial charge < -0.3 is 15.2 Å². The Bertz CT molecular complexity index is 646. The van der Waals surface area contributed by atoms with Crippen LogP contribution in [0.5, 0.6) is 0 Å². The number of carbonyl (C=O) groups is 1. The lowest BCUT2D eigenvalue weighted by Gasteiger charge is -2.38. The number of hydrogen-bond acceptors (Lipinski definition) is 3. The van der Waals surface area contributed by atoms with Crippen molar-refractivity contribution >= 4 is 30.7 Å². The largest absolute Gasteiger partial charge is 0.334 e. The molecule has 0 aliphatic carbocycles. The summed E-state index contributed by atoms with van der Waals surface area (Å²) in [6, 6.07) is 8.02. The molecule has 1 aromatic heterocycles. The molecule has 1 saturated heterocycles. The van der Waals surface area contributed by atoms with Gasteiger partial charge in [0.25, 0.3) is 5.91 Å². The van der Waals surface area contributed by atoms with Crippen LogP contribution in [0.15, 0.2) is 43.0 Å². The number of imidazole rings is 1. The molecule has 25 heavy (non-hydrogen) atoms. The highest BCUT2D eigenvalue weighted by molar-refractivity contribution is 5.94. The van der Waals surface area contributed by atoms with Crippen molar-refractivity contribution < 1.29 is 4.79 Å². The first-order valence-electron chi connectivity index (χ1n) is 8.23. The number of amides is 1. The number of likely N-dealkylation sites (tertiary alicyclic amines) is 1. The van der Waals surface area contributed by atoms with Crippen molar-refractivity contribution in [3.05, 3.63) is 54.1 Å². The van der Waals surface area contributed by atoms with Gasteiger partial charge in [0.2, 0.25) is 0 Å². The summed E-state index contributed by atoms with van der Waals surface area (Å²) in [6.07, 6.45) is 7.55. The second-order valence-electron chi connectivity index (χ2n) is 6.45. The molecule has 1 aromatic carbocycles. The van der Waals surface area contributed by atoms with E-state index < -0.39 is 0 Å². The number of nitrogens with two attached hydrogens (primary N) is 1. The summed E-state index contributed by atoms with van der Waals surface area (Å²) in [4.78, 5) is 18.7. The topological polar surface area (TPSA) is 64.2 Å². The zero-order valence-electron chi connectivity index (χ0n) is 14.4. The van der Waals surface area contributed by atoms with Crippen LogP contribution < -0.4 is 5.73 Å². The zero-order chi connectivity index (χ0) is 16.2. The molecule has 0 spiro atoms. The van der Waals surface area contributed by atoms with Gasteiger partial charge in [-0.15, -0.1) is 24.8 Å². The van der Waals surface area contributed by atoms with Crippen molar-refractivity contribution in [3.8, 4) is 0 Å². The van der Waals surface area contributed by atoms with E-state index >= 15 is 0 Å². The molecular formula is C18H26Cl2N4O. The highest BCUT2D eigenvalue weighted by Gasteiger charge is 2.29. The van der Waals surface area contributed by atoms with Crippen molar-refractivity contribution in [3.63, 3.8) is 0 Å². The number of benzene rings is 1. The maximum absolute atomic E-state index is 12.8. The minimum Gasteiger partial charge on any atom is -0.334 e.